The minimum Gasteiger partial charge on any atom is -0.432 e. The maximum absolute atomic E-state index is 14.0. The molecular formula is C14H15F4NO3. The van der Waals surface area contributed by atoms with Crippen LogP contribution in [0.4, 0.5) is 17.6 Å². The zero-order valence-corrected chi connectivity index (χ0v) is 11.5. The first-order chi connectivity index (χ1) is 10.4. The van der Waals surface area contributed by atoms with E-state index in [1.165, 1.54) is 0 Å². The molecule has 122 valence electrons. The molecule has 8 heteroatoms. The second-order valence-corrected chi connectivity index (χ2v) is 5.09. The minimum absolute atomic E-state index is 0.325. The quantitative estimate of drug-likeness (QED) is 0.838. The van der Waals surface area contributed by atoms with E-state index < -0.39 is 41.6 Å². The van der Waals surface area contributed by atoms with Gasteiger partial charge in [-0.2, -0.15) is 8.78 Å². The zero-order chi connectivity index (χ0) is 16.3. The molecule has 0 atom stereocenters. The molecule has 0 saturated heterocycles. The summed E-state index contributed by atoms with van der Waals surface area (Å²) < 4.78 is 55.8. The Hall–Kier alpha value is -1.83. The number of rotatable bonds is 4. The molecule has 1 aromatic rings. The Bertz CT molecular complexity index is 545. The van der Waals surface area contributed by atoms with Crippen LogP contribution in [0, 0.1) is 11.6 Å². The maximum atomic E-state index is 14.0. The van der Waals surface area contributed by atoms with Gasteiger partial charge in [-0.1, -0.05) is 0 Å². The standard InChI is InChI=1S/C14H15F4NO3/c15-9-5-6-10(22-14(17)18)12(16)11(9)13(21)19-7-1-3-8(20)4-2-7/h5-8,14,20H,1-4H2,(H,19,21). The van der Waals surface area contributed by atoms with Crippen LogP contribution < -0.4 is 10.1 Å². The van der Waals surface area contributed by atoms with Crippen LogP contribution in [0.25, 0.3) is 0 Å². The summed E-state index contributed by atoms with van der Waals surface area (Å²) in [5.74, 6) is -4.54. The lowest BCUT2D eigenvalue weighted by molar-refractivity contribution is -0.0523. The van der Waals surface area contributed by atoms with Crippen LogP contribution in [-0.4, -0.2) is 29.8 Å². The van der Waals surface area contributed by atoms with E-state index >= 15 is 0 Å². The van der Waals surface area contributed by atoms with Gasteiger partial charge in [0.05, 0.1) is 6.10 Å². The number of benzene rings is 1. The number of aliphatic hydroxyl groups is 1. The molecule has 0 bridgehead atoms. The molecule has 4 nitrogen and oxygen atoms in total. The van der Waals surface area contributed by atoms with E-state index in [4.69, 9.17) is 0 Å². The fraction of sp³-hybridized carbons (Fsp3) is 0.500. The van der Waals surface area contributed by atoms with Gasteiger partial charge < -0.3 is 15.2 Å². The van der Waals surface area contributed by atoms with E-state index in [0.29, 0.717) is 37.8 Å². The van der Waals surface area contributed by atoms with Crippen molar-refractivity contribution in [1.82, 2.24) is 5.32 Å². The highest BCUT2D eigenvalue weighted by atomic mass is 19.3. The molecule has 0 aliphatic heterocycles. The molecule has 0 radical (unpaired) electrons. The van der Waals surface area contributed by atoms with Gasteiger partial charge in [-0.05, 0) is 37.8 Å². The molecule has 2 rings (SSSR count). The van der Waals surface area contributed by atoms with Crippen LogP contribution in [-0.2, 0) is 0 Å². The number of carbonyl (C=O) groups is 1. The molecule has 1 fully saturated rings. The molecule has 2 N–H and O–H groups in total. The summed E-state index contributed by atoms with van der Waals surface area (Å²) in [6.07, 6.45) is 1.46. The third kappa shape index (κ3) is 3.88. The van der Waals surface area contributed by atoms with Crippen molar-refractivity contribution in [2.24, 2.45) is 0 Å². The summed E-state index contributed by atoms with van der Waals surface area (Å²) in [6.45, 7) is -3.28. The molecular weight excluding hydrogens is 306 g/mol. The Kier molecular flexibility index (Phi) is 5.23. The average molecular weight is 321 g/mol. The molecule has 0 heterocycles. The maximum Gasteiger partial charge on any atom is 0.387 e. The van der Waals surface area contributed by atoms with Crippen LogP contribution in [0.3, 0.4) is 0 Å². The number of halogens is 4. The SMILES string of the molecule is O=C(NC1CCC(O)CC1)c1c(F)ccc(OC(F)F)c1F. The van der Waals surface area contributed by atoms with Crippen molar-refractivity contribution in [2.45, 2.75) is 44.4 Å². The Balaban J connectivity index is 2.14. The predicted molar refractivity (Wildman–Crippen MR) is 68.7 cm³/mol. The van der Waals surface area contributed by atoms with Gasteiger partial charge in [0.25, 0.3) is 5.91 Å². The van der Waals surface area contributed by atoms with Crippen molar-refractivity contribution in [1.29, 1.82) is 0 Å². The first-order valence-electron chi connectivity index (χ1n) is 6.80. The van der Waals surface area contributed by atoms with Crippen LogP contribution in [0.1, 0.15) is 36.0 Å². The van der Waals surface area contributed by atoms with E-state index in [0.717, 1.165) is 0 Å². The second kappa shape index (κ2) is 6.95. The van der Waals surface area contributed by atoms with E-state index in [1.807, 2.05) is 0 Å². The number of alkyl halides is 2. The normalized spacial score (nSPS) is 21.7. The average Bonchev–Trinajstić information content (AvgIpc) is 2.44. The Morgan fingerprint density at radius 3 is 2.45 bits per heavy atom. The molecule has 1 aliphatic carbocycles. The Morgan fingerprint density at radius 1 is 1.23 bits per heavy atom. The first-order valence-corrected chi connectivity index (χ1v) is 6.80. The summed E-state index contributed by atoms with van der Waals surface area (Å²) in [5.41, 5.74) is -0.954. The van der Waals surface area contributed by atoms with Crippen LogP contribution in [0.5, 0.6) is 5.75 Å². The van der Waals surface area contributed by atoms with Crippen LogP contribution in [0.2, 0.25) is 0 Å². The predicted octanol–water partition coefficient (Wildman–Crippen LogP) is 2.60. The van der Waals surface area contributed by atoms with Gasteiger partial charge in [-0.3, -0.25) is 4.79 Å². The lowest BCUT2D eigenvalue weighted by Crippen LogP contribution is -2.39. The van der Waals surface area contributed by atoms with E-state index in [1.54, 1.807) is 0 Å². The van der Waals surface area contributed by atoms with E-state index in [9.17, 15) is 27.5 Å². The van der Waals surface area contributed by atoms with Crippen molar-refractivity contribution in [3.63, 3.8) is 0 Å². The molecule has 1 amide bonds. The summed E-state index contributed by atoms with van der Waals surface area (Å²) in [4.78, 5) is 12.0. The molecule has 0 spiro atoms. The van der Waals surface area contributed by atoms with Gasteiger partial charge >= 0.3 is 6.61 Å². The Labute approximate surface area is 124 Å². The van der Waals surface area contributed by atoms with Gasteiger partial charge in [0.1, 0.15) is 11.4 Å². The third-order valence-corrected chi connectivity index (χ3v) is 3.53. The van der Waals surface area contributed by atoms with Gasteiger partial charge in [-0.25, -0.2) is 8.78 Å². The van der Waals surface area contributed by atoms with Crippen molar-refractivity contribution in [3.8, 4) is 5.75 Å². The highest BCUT2D eigenvalue weighted by Gasteiger charge is 2.26. The van der Waals surface area contributed by atoms with Crippen molar-refractivity contribution in [3.05, 3.63) is 29.3 Å². The molecule has 1 aliphatic rings. The van der Waals surface area contributed by atoms with Crippen molar-refractivity contribution in [2.75, 3.05) is 0 Å². The number of amides is 1. The van der Waals surface area contributed by atoms with Gasteiger partial charge in [0.2, 0.25) is 0 Å². The van der Waals surface area contributed by atoms with Crippen molar-refractivity contribution < 1.29 is 32.2 Å². The highest BCUT2D eigenvalue weighted by Crippen LogP contribution is 2.25. The zero-order valence-electron chi connectivity index (χ0n) is 11.5. The topological polar surface area (TPSA) is 58.6 Å². The number of hydrogen-bond donors (Lipinski definition) is 2. The number of carbonyl (C=O) groups excluding carboxylic acids is 1. The summed E-state index contributed by atoms with van der Waals surface area (Å²) in [5, 5.41) is 11.8. The van der Waals surface area contributed by atoms with E-state index in [-0.39, 0.29) is 6.04 Å². The van der Waals surface area contributed by atoms with Crippen LogP contribution in [0.15, 0.2) is 12.1 Å². The molecule has 1 saturated carbocycles. The minimum atomic E-state index is -3.28. The highest BCUT2D eigenvalue weighted by molar-refractivity contribution is 5.95. The number of ether oxygens (including phenoxy) is 1. The summed E-state index contributed by atoms with van der Waals surface area (Å²) in [7, 11) is 0. The first kappa shape index (κ1) is 16.5. The van der Waals surface area contributed by atoms with Gasteiger partial charge in [0, 0.05) is 6.04 Å². The fourth-order valence-electron chi connectivity index (χ4n) is 2.41. The summed E-state index contributed by atoms with van der Waals surface area (Å²) in [6, 6.07) is 1.07. The van der Waals surface area contributed by atoms with Crippen LogP contribution >= 0.6 is 0 Å². The fourth-order valence-corrected chi connectivity index (χ4v) is 2.41. The summed E-state index contributed by atoms with van der Waals surface area (Å²) >= 11 is 0. The van der Waals surface area contributed by atoms with Gasteiger partial charge in [-0.15, -0.1) is 0 Å². The van der Waals surface area contributed by atoms with Gasteiger partial charge in [0.15, 0.2) is 11.6 Å². The lowest BCUT2D eigenvalue weighted by Gasteiger charge is -2.26. The smallest absolute Gasteiger partial charge is 0.387 e. The Morgan fingerprint density at radius 2 is 1.86 bits per heavy atom. The molecule has 0 unspecified atom stereocenters. The van der Waals surface area contributed by atoms with Crippen molar-refractivity contribution >= 4 is 5.91 Å². The number of nitrogens with one attached hydrogen (secondary N) is 1. The lowest BCUT2D eigenvalue weighted by atomic mass is 9.93. The number of aliphatic hydroxyl groups excluding tert-OH is 1. The molecule has 22 heavy (non-hydrogen) atoms. The molecule has 1 aromatic carbocycles. The number of hydrogen-bond acceptors (Lipinski definition) is 3. The second-order valence-electron chi connectivity index (χ2n) is 5.09. The molecule has 0 aromatic heterocycles. The monoisotopic (exact) mass is 321 g/mol. The third-order valence-electron chi connectivity index (χ3n) is 3.53. The largest absolute Gasteiger partial charge is 0.432 e. The van der Waals surface area contributed by atoms with E-state index in [2.05, 4.69) is 10.1 Å².